The van der Waals surface area contributed by atoms with Crippen LogP contribution in [0.15, 0.2) is 115 Å². The largest absolute Gasteiger partial charge is 0.376 e. The minimum atomic E-state index is 0.690. The average molecular weight is 484 g/mol. The molecule has 37 heavy (non-hydrogen) atoms. The normalized spacial score (nSPS) is 18.4. The van der Waals surface area contributed by atoms with Gasteiger partial charge in [-0.3, -0.25) is 0 Å². The lowest BCUT2D eigenvalue weighted by molar-refractivity contribution is 0.241. The summed E-state index contributed by atoms with van der Waals surface area (Å²) in [5.74, 6) is 1.38. The lowest BCUT2D eigenvalue weighted by atomic mass is 9.82. The number of fused-ring (bicyclic) bond motifs is 2. The number of hydrogen-bond donors (Lipinski definition) is 0. The van der Waals surface area contributed by atoms with Gasteiger partial charge in [0.15, 0.2) is 0 Å². The zero-order valence-electron chi connectivity index (χ0n) is 21.7. The van der Waals surface area contributed by atoms with Crippen molar-refractivity contribution in [3.8, 4) is 0 Å². The molecule has 2 atom stereocenters. The molecule has 0 N–H and O–H groups in total. The van der Waals surface area contributed by atoms with Crippen LogP contribution in [-0.2, 0) is 25.7 Å². The predicted molar refractivity (Wildman–Crippen MR) is 155 cm³/mol. The first-order valence-corrected chi connectivity index (χ1v) is 14.0. The monoisotopic (exact) mass is 483 g/mol. The molecule has 4 aromatic rings. The summed E-state index contributed by atoms with van der Waals surface area (Å²) in [5, 5.41) is 0. The third-order valence-electron chi connectivity index (χ3n) is 8.36. The van der Waals surface area contributed by atoms with Gasteiger partial charge in [0, 0.05) is 24.9 Å². The Labute approximate surface area is 222 Å². The summed E-state index contributed by atoms with van der Waals surface area (Å²) in [6.45, 7) is 2.24. The van der Waals surface area contributed by atoms with Gasteiger partial charge in [0.2, 0.25) is 0 Å². The quantitative estimate of drug-likeness (QED) is 0.257. The van der Waals surface area contributed by atoms with E-state index in [1.807, 2.05) is 0 Å². The Bertz CT molecular complexity index is 1240. The molecule has 0 radical (unpaired) electrons. The van der Waals surface area contributed by atoms with Gasteiger partial charge in [-0.15, -0.1) is 0 Å². The topological polar surface area (TPSA) is 3.24 Å². The van der Waals surface area contributed by atoms with Crippen LogP contribution in [0.5, 0.6) is 0 Å². The van der Waals surface area contributed by atoms with Crippen molar-refractivity contribution in [3.63, 3.8) is 0 Å². The second kappa shape index (κ2) is 11.2. The van der Waals surface area contributed by atoms with Gasteiger partial charge in [0.05, 0.1) is 0 Å². The van der Waals surface area contributed by atoms with Gasteiger partial charge in [0.25, 0.3) is 0 Å². The van der Waals surface area contributed by atoms with Crippen molar-refractivity contribution in [2.75, 3.05) is 13.1 Å². The zero-order chi connectivity index (χ0) is 24.9. The minimum Gasteiger partial charge on any atom is -0.376 e. The van der Waals surface area contributed by atoms with E-state index in [2.05, 4.69) is 120 Å². The summed E-state index contributed by atoms with van der Waals surface area (Å²) >= 11 is 0. The van der Waals surface area contributed by atoms with Gasteiger partial charge in [-0.2, -0.15) is 0 Å². The molecule has 2 aliphatic rings. The van der Waals surface area contributed by atoms with Gasteiger partial charge in [-0.25, -0.2) is 0 Å². The summed E-state index contributed by atoms with van der Waals surface area (Å²) in [6, 6.07) is 40.0. The zero-order valence-corrected chi connectivity index (χ0v) is 21.7. The molecule has 0 aliphatic heterocycles. The van der Waals surface area contributed by atoms with Crippen molar-refractivity contribution in [1.82, 2.24) is 4.90 Å². The third-order valence-corrected chi connectivity index (χ3v) is 8.36. The average Bonchev–Trinajstić information content (AvgIpc) is 2.96. The Morgan fingerprint density at radius 1 is 0.541 bits per heavy atom. The van der Waals surface area contributed by atoms with Crippen LogP contribution >= 0.6 is 0 Å². The smallest absolute Gasteiger partial charge is 0.0204 e. The van der Waals surface area contributed by atoms with Crippen LogP contribution in [0.4, 0.5) is 0 Å². The van der Waals surface area contributed by atoms with Crippen LogP contribution in [0.2, 0.25) is 0 Å². The van der Waals surface area contributed by atoms with E-state index < -0.39 is 0 Å². The molecule has 0 amide bonds. The summed E-state index contributed by atoms with van der Waals surface area (Å²) in [5.41, 5.74) is 10.1. The lowest BCUT2D eigenvalue weighted by Crippen LogP contribution is -2.34. The van der Waals surface area contributed by atoms with Crippen molar-refractivity contribution in [2.45, 2.75) is 38.5 Å². The molecular formula is C36H37N. The Hall–Kier alpha value is -3.58. The molecule has 0 fully saturated rings. The maximum atomic E-state index is 2.69. The summed E-state index contributed by atoms with van der Waals surface area (Å²) in [7, 11) is 0. The molecule has 2 aliphatic carbocycles. The van der Waals surface area contributed by atoms with Crippen LogP contribution in [-0.4, -0.2) is 18.0 Å². The Balaban J connectivity index is 1.31. The Kier molecular flexibility index (Phi) is 7.21. The Morgan fingerprint density at radius 2 is 0.946 bits per heavy atom. The highest BCUT2D eigenvalue weighted by Crippen LogP contribution is 2.31. The molecular weight excluding hydrogens is 446 g/mol. The molecule has 0 heterocycles. The molecule has 1 heteroatoms. The van der Waals surface area contributed by atoms with Gasteiger partial charge in [-0.1, -0.05) is 109 Å². The molecule has 0 saturated carbocycles. The number of nitrogens with zero attached hydrogens (tertiary/aromatic N) is 1. The summed E-state index contributed by atoms with van der Waals surface area (Å²) < 4.78 is 0. The van der Waals surface area contributed by atoms with E-state index in [4.69, 9.17) is 0 Å². The van der Waals surface area contributed by atoms with E-state index >= 15 is 0 Å². The van der Waals surface area contributed by atoms with E-state index in [9.17, 15) is 0 Å². The molecule has 0 aromatic heterocycles. The van der Waals surface area contributed by atoms with Gasteiger partial charge < -0.3 is 4.90 Å². The number of benzene rings is 4. The highest BCUT2D eigenvalue weighted by Gasteiger charge is 2.24. The molecule has 186 valence electrons. The van der Waals surface area contributed by atoms with Crippen LogP contribution < -0.4 is 0 Å². The second-order valence-electron chi connectivity index (χ2n) is 11.0. The van der Waals surface area contributed by atoms with Crippen molar-refractivity contribution in [1.29, 1.82) is 0 Å². The molecule has 0 bridgehead atoms. The molecule has 1 nitrogen and oxygen atoms in total. The maximum Gasteiger partial charge on any atom is 0.0204 e. The number of rotatable bonds is 7. The fourth-order valence-corrected chi connectivity index (χ4v) is 6.44. The van der Waals surface area contributed by atoms with E-state index in [0.29, 0.717) is 11.8 Å². The fourth-order valence-electron chi connectivity index (χ4n) is 6.44. The summed E-state index contributed by atoms with van der Waals surface area (Å²) in [6.07, 6.45) is 9.85. The minimum absolute atomic E-state index is 0.690. The molecule has 6 rings (SSSR count). The standard InChI is InChI=1S/C36H37N/c1-3-13-32(14-4-1)36(33-15-5-2-6-16-33)27-37(25-28-19-21-30-11-7-9-17-34(30)23-28)26-29-20-22-31-12-8-10-18-35(31)24-29/h1-18,27-29H,19-26H2. The first-order valence-electron chi connectivity index (χ1n) is 14.0. The first kappa shape index (κ1) is 23.8. The van der Waals surface area contributed by atoms with E-state index in [0.717, 1.165) is 13.1 Å². The number of hydrogen-bond acceptors (Lipinski definition) is 1. The van der Waals surface area contributed by atoms with Crippen LogP contribution in [0.25, 0.3) is 5.57 Å². The van der Waals surface area contributed by atoms with E-state index in [1.54, 1.807) is 22.3 Å². The fraction of sp³-hybridized carbons (Fsp3) is 0.278. The van der Waals surface area contributed by atoms with Gasteiger partial charge in [0.1, 0.15) is 0 Å². The SMILES string of the molecule is C(=C(c1ccccc1)c1ccccc1)N(CC1CCc2ccccc2C1)CC1CCc2ccccc2C1. The van der Waals surface area contributed by atoms with E-state index in [1.165, 1.54) is 55.2 Å². The third kappa shape index (κ3) is 5.72. The predicted octanol–water partition coefficient (Wildman–Crippen LogP) is 7.99. The van der Waals surface area contributed by atoms with Crippen molar-refractivity contribution in [2.24, 2.45) is 11.8 Å². The van der Waals surface area contributed by atoms with Crippen molar-refractivity contribution < 1.29 is 0 Å². The highest BCUT2D eigenvalue weighted by atomic mass is 15.1. The Morgan fingerprint density at radius 3 is 1.41 bits per heavy atom. The molecule has 0 spiro atoms. The maximum absolute atomic E-state index is 2.69. The van der Waals surface area contributed by atoms with Crippen LogP contribution in [0.1, 0.15) is 46.2 Å². The van der Waals surface area contributed by atoms with Crippen molar-refractivity contribution >= 4 is 5.57 Å². The van der Waals surface area contributed by atoms with Crippen LogP contribution in [0.3, 0.4) is 0 Å². The highest BCUT2D eigenvalue weighted by molar-refractivity contribution is 5.79. The van der Waals surface area contributed by atoms with Gasteiger partial charge >= 0.3 is 0 Å². The molecule has 4 aromatic carbocycles. The number of aryl methyl sites for hydroxylation is 2. The van der Waals surface area contributed by atoms with Gasteiger partial charge in [-0.05, 0) is 83.7 Å². The van der Waals surface area contributed by atoms with Crippen molar-refractivity contribution in [3.05, 3.63) is 149 Å². The van der Waals surface area contributed by atoms with E-state index in [-0.39, 0.29) is 0 Å². The lowest BCUT2D eigenvalue weighted by Gasteiger charge is -2.34. The summed E-state index contributed by atoms with van der Waals surface area (Å²) in [4.78, 5) is 2.69. The van der Waals surface area contributed by atoms with Crippen LogP contribution in [0, 0.1) is 11.8 Å². The molecule has 0 saturated heterocycles. The first-order chi connectivity index (χ1) is 18.3. The molecule has 2 unspecified atom stereocenters. The second-order valence-corrected chi connectivity index (χ2v) is 11.0.